The first-order chi connectivity index (χ1) is 9.93. The molecule has 110 valence electrons. The first kappa shape index (κ1) is 15.4. The molecule has 0 aliphatic heterocycles. The van der Waals surface area contributed by atoms with Crippen molar-refractivity contribution < 1.29 is 9.53 Å². The van der Waals surface area contributed by atoms with E-state index in [1.807, 2.05) is 13.0 Å². The van der Waals surface area contributed by atoms with Gasteiger partial charge in [0.2, 0.25) is 0 Å². The number of carbonyl (C=O) groups excluding carboxylic acids is 1. The smallest absolute Gasteiger partial charge is 0.268 e. The number of rotatable bonds is 4. The Kier molecular flexibility index (Phi) is 4.57. The van der Waals surface area contributed by atoms with Crippen LogP contribution in [0.4, 0.5) is 0 Å². The molecule has 0 saturated heterocycles. The summed E-state index contributed by atoms with van der Waals surface area (Å²) >= 11 is 3.13. The van der Waals surface area contributed by atoms with Crippen LogP contribution in [0.1, 0.15) is 21.7 Å². The summed E-state index contributed by atoms with van der Waals surface area (Å²) in [5, 5.41) is 0. The number of ketones is 1. The number of hydrogen-bond acceptors (Lipinski definition) is 4. The minimum atomic E-state index is -0.276. The number of methoxy groups -OCH3 is 1. The van der Waals surface area contributed by atoms with Gasteiger partial charge in [0.25, 0.3) is 5.56 Å². The number of hydrogen-bond donors (Lipinski definition) is 0. The molecular weight excluding hydrogens is 336 g/mol. The third-order valence-electron chi connectivity index (χ3n) is 3.16. The molecule has 0 saturated carbocycles. The highest BCUT2D eigenvalue weighted by molar-refractivity contribution is 9.10. The van der Waals surface area contributed by atoms with Gasteiger partial charge >= 0.3 is 0 Å². The topological polar surface area (TPSA) is 61.2 Å². The Balaban J connectivity index is 2.40. The van der Waals surface area contributed by atoms with Crippen LogP contribution in [-0.4, -0.2) is 22.4 Å². The molecule has 0 radical (unpaired) electrons. The quantitative estimate of drug-likeness (QED) is 0.795. The lowest BCUT2D eigenvalue weighted by Crippen LogP contribution is -2.27. The van der Waals surface area contributed by atoms with Crippen molar-refractivity contribution in [3.05, 3.63) is 56.2 Å². The average molecular weight is 351 g/mol. The molecule has 5 nitrogen and oxygen atoms in total. The zero-order valence-electron chi connectivity index (χ0n) is 12.0. The fourth-order valence-corrected chi connectivity index (χ4v) is 2.31. The van der Waals surface area contributed by atoms with Crippen LogP contribution < -0.4 is 10.3 Å². The van der Waals surface area contributed by atoms with E-state index in [2.05, 4.69) is 20.9 Å². The van der Waals surface area contributed by atoms with Crippen LogP contribution in [0.15, 0.2) is 33.7 Å². The Morgan fingerprint density at radius 2 is 2.10 bits per heavy atom. The van der Waals surface area contributed by atoms with Crippen molar-refractivity contribution in [3.8, 4) is 5.75 Å². The Morgan fingerprint density at radius 1 is 1.38 bits per heavy atom. The van der Waals surface area contributed by atoms with E-state index >= 15 is 0 Å². The minimum Gasteiger partial charge on any atom is -0.496 e. The molecule has 0 atom stereocenters. The van der Waals surface area contributed by atoms with Crippen molar-refractivity contribution >= 4 is 21.7 Å². The van der Waals surface area contributed by atoms with Gasteiger partial charge in [0.05, 0.1) is 19.2 Å². The third kappa shape index (κ3) is 3.21. The number of Topliss-reactive ketones (excluding diaryl/α,β-unsaturated/α-hetero) is 1. The van der Waals surface area contributed by atoms with E-state index < -0.39 is 0 Å². The van der Waals surface area contributed by atoms with E-state index in [9.17, 15) is 9.59 Å². The maximum Gasteiger partial charge on any atom is 0.268 e. The minimum absolute atomic E-state index is 0.0729. The van der Waals surface area contributed by atoms with Crippen LogP contribution in [0.2, 0.25) is 0 Å². The molecule has 2 rings (SSSR count). The number of benzene rings is 1. The van der Waals surface area contributed by atoms with Crippen molar-refractivity contribution in [1.29, 1.82) is 0 Å². The van der Waals surface area contributed by atoms with Crippen LogP contribution in [0.25, 0.3) is 0 Å². The summed E-state index contributed by atoms with van der Waals surface area (Å²) in [5.41, 5.74) is 1.18. The number of nitrogens with zero attached hydrogens (tertiary/aromatic N) is 2. The molecule has 0 N–H and O–H groups in total. The van der Waals surface area contributed by atoms with Gasteiger partial charge in [-0.3, -0.25) is 14.2 Å². The number of aromatic nitrogens is 2. The van der Waals surface area contributed by atoms with E-state index in [-0.39, 0.29) is 17.9 Å². The largest absolute Gasteiger partial charge is 0.496 e. The number of halogens is 1. The molecule has 1 heterocycles. The zero-order chi connectivity index (χ0) is 15.6. The van der Waals surface area contributed by atoms with Crippen molar-refractivity contribution in [2.75, 3.05) is 7.11 Å². The van der Waals surface area contributed by atoms with Crippen molar-refractivity contribution in [3.63, 3.8) is 0 Å². The van der Waals surface area contributed by atoms with Gasteiger partial charge in [-0.05, 0) is 47.5 Å². The fourth-order valence-electron chi connectivity index (χ4n) is 1.99. The lowest BCUT2D eigenvalue weighted by Gasteiger charge is -2.11. The van der Waals surface area contributed by atoms with Crippen LogP contribution in [0.3, 0.4) is 0 Å². The van der Waals surface area contributed by atoms with Crippen molar-refractivity contribution in [1.82, 2.24) is 9.55 Å². The Hall–Kier alpha value is -1.95. The molecule has 0 unspecified atom stereocenters. The van der Waals surface area contributed by atoms with Gasteiger partial charge in [-0.15, -0.1) is 0 Å². The van der Waals surface area contributed by atoms with Crippen LogP contribution >= 0.6 is 15.9 Å². The van der Waals surface area contributed by atoms with Gasteiger partial charge in [-0.25, -0.2) is 4.98 Å². The highest BCUT2D eigenvalue weighted by Crippen LogP contribution is 2.21. The first-order valence-electron chi connectivity index (χ1n) is 6.34. The zero-order valence-corrected chi connectivity index (χ0v) is 13.6. The van der Waals surface area contributed by atoms with Gasteiger partial charge in [-0.1, -0.05) is 6.07 Å². The molecule has 1 aromatic carbocycles. The van der Waals surface area contributed by atoms with Gasteiger partial charge in [0.1, 0.15) is 16.0 Å². The van der Waals surface area contributed by atoms with E-state index in [1.54, 1.807) is 19.1 Å². The highest BCUT2D eigenvalue weighted by Gasteiger charge is 2.15. The van der Waals surface area contributed by atoms with Crippen molar-refractivity contribution in [2.45, 2.75) is 20.4 Å². The molecule has 21 heavy (non-hydrogen) atoms. The van der Waals surface area contributed by atoms with Crippen LogP contribution in [0.5, 0.6) is 5.75 Å². The molecule has 0 aliphatic carbocycles. The lowest BCUT2D eigenvalue weighted by molar-refractivity contribution is 0.0966. The molecule has 6 heteroatoms. The number of carbonyl (C=O) groups is 1. The fraction of sp³-hybridized carbons (Fsp3) is 0.267. The SMILES string of the molecule is COc1cc(C)ccc1C(=O)Cn1c(C)ncc(Br)c1=O. The predicted octanol–water partition coefficient (Wildman–Crippen LogP) is 2.51. The first-order valence-corrected chi connectivity index (χ1v) is 7.13. The second kappa shape index (κ2) is 6.22. The van der Waals surface area contributed by atoms with E-state index in [4.69, 9.17) is 4.74 Å². The maximum atomic E-state index is 12.4. The van der Waals surface area contributed by atoms with E-state index in [0.29, 0.717) is 21.6 Å². The van der Waals surface area contributed by atoms with Gasteiger partial charge in [-0.2, -0.15) is 0 Å². The van der Waals surface area contributed by atoms with Gasteiger partial charge in [0.15, 0.2) is 5.78 Å². The molecule has 0 fully saturated rings. The summed E-state index contributed by atoms with van der Waals surface area (Å²) in [6, 6.07) is 5.34. The molecule has 0 spiro atoms. The molecule has 2 aromatic rings. The standard InChI is InChI=1S/C15H15BrN2O3/c1-9-4-5-11(14(6-9)21-3)13(19)8-18-10(2)17-7-12(16)15(18)20/h4-7H,8H2,1-3H3. The molecule has 0 amide bonds. The van der Waals surface area contributed by atoms with Crippen LogP contribution in [-0.2, 0) is 6.54 Å². The van der Waals surface area contributed by atoms with Crippen molar-refractivity contribution in [2.24, 2.45) is 0 Å². The Morgan fingerprint density at radius 3 is 2.76 bits per heavy atom. The third-order valence-corrected chi connectivity index (χ3v) is 3.71. The monoisotopic (exact) mass is 350 g/mol. The molecule has 0 bridgehead atoms. The summed E-state index contributed by atoms with van der Waals surface area (Å²) in [6.07, 6.45) is 1.44. The highest BCUT2D eigenvalue weighted by atomic mass is 79.9. The van der Waals surface area contributed by atoms with Crippen LogP contribution in [0, 0.1) is 13.8 Å². The molecule has 1 aromatic heterocycles. The van der Waals surface area contributed by atoms with E-state index in [1.165, 1.54) is 17.9 Å². The number of ether oxygens (including phenoxy) is 1. The summed E-state index contributed by atoms with van der Waals surface area (Å²) in [6.45, 7) is 3.54. The summed E-state index contributed by atoms with van der Waals surface area (Å²) < 4.78 is 6.91. The molecular formula is C15H15BrN2O3. The second-order valence-corrected chi connectivity index (χ2v) is 5.53. The summed E-state index contributed by atoms with van der Waals surface area (Å²) in [5.74, 6) is 0.799. The normalized spacial score (nSPS) is 10.5. The predicted molar refractivity (Wildman–Crippen MR) is 83.0 cm³/mol. The second-order valence-electron chi connectivity index (χ2n) is 4.67. The summed E-state index contributed by atoms with van der Waals surface area (Å²) in [7, 11) is 1.52. The number of aryl methyl sites for hydroxylation is 2. The lowest BCUT2D eigenvalue weighted by atomic mass is 10.1. The summed E-state index contributed by atoms with van der Waals surface area (Å²) in [4.78, 5) is 28.6. The van der Waals surface area contributed by atoms with Gasteiger partial charge < -0.3 is 4.74 Å². The maximum absolute atomic E-state index is 12.4. The van der Waals surface area contributed by atoms with E-state index in [0.717, 1.165) is 5.56 Å². The molecule has 0 aliphatic rings. The van der Waals surface area contributed by atoms with Gasteiger partial charge in [0, 0.05) is 6.20 Å². The Bertz CT molecular complexity index is 753. The average Bonchev–Trinajstić information content (AvgIpc) is 2.47. The Labute approximate surface area is 130 Å².